The SMILES string of the molecule is CC(C)N1CCOC(c2noc([C@@H]3CCCN3)n2)C1. The summed E-state index contributed by atoms with van der Waals surface area (Å²) in [6.45, 7) is 7.98. The standard InChI is InChI=1S/C13H22N4O2/c1-9(2)17-6-7-18-11(8-17)12-15-13(19-16-12)10-4-3-5-14-10/h9-11,14H,3-8H2,1-2H3/t10-,11?/m0/s1. The predicted octanol–water partition coefficient (Wildman–Crippen LogP) is 1.28. The number of morpholine rings is 1. The number of rotatable bonds is 3. The average molecular weight is 266 g/mol. The number of aromatic nitrogens is 2. The van der Waals surface area contributed by atoms with E-state index in [4.69, 9.17) is 9.26 Å². The maximum absolute atomic E-state index is 5.77. The number of nitrogens with zero attached hydrogens (tertiary/aromatic N) is 3. The number of hydrogen-bond acceptors (Lipinski definition) is 6. The minimum Gasteiger partial charge on any atom is -0.367 e. The van der Waals surface area contributed by atoms with E-state index in [0.29, 0.717) is 17.8 Å². The highest BCUT2D eigenvalue weighted by Crippen LogP contribution is 2.25. The van der Waals surface area contributed by atoms with Gasteiger partial charge in [-0.2, -0.15) is 4.98 Å². The van der Waals surface area contributed by atoms with E-state index in [1.165, 1.54) is 6.42 Å². The van der Waals surface area contributed by atoms with Crippen LogP contribution < -0.4 is 5.32 Å². The Labute approximate surface area is 113 Å². The molecule has 0 saturated carbocycles. The van der Waals surface area contributed by atoms with Gasteiger partial charge in [-0.3, -0.25) is 4.90 Å². The Kier molecular flexibility index (Phi) is 3.81. The second kappa shape index (κ2) is 5.56. The smallest absolute Gasteiger partial charge is 0.243 e. The second-order valence-corrected chi connectivity index (χ2v) is 5.59. The molecule has 1 unspecified atom stereocenters. The molecule has 19 heavy (non-hydrogen) atoms. The molecule has 2 saturated heterocycles. The van der Waals surface area contributed by atoms with Gasteiger partial charge in [0.25, 0.3) is 0 Å². The van der Waals surface area contributed by atoms with Crippen molar-refractivity contribution in [2.45, 2.75) is 44.9 Å². The fourth-order valence-electron chi connectivity index (χ4n) is 2.71. The van der Waals surface area contributed by atoms with Crippen LogP contribution in [0.1, 0.15) is 50.6 Å². The minimum atomic E-state index is -0.0601. The fourth-order valence-corrected chi connectivity index (χ4v) is 2.71. The Hall–Kier alpha value is -0.980. The quantitative estimate of drug-likeness (QED) is 0.889. The monoisotopic (exact) mass is 266 g/mol. The van der Waals surface area contributed by atoms with Crippen LogP contribution in [0.4, 0.5) is 0 Å². The van der Waals surface area contributed by atoms with Crippen LogP contribution in [0.15, 0.2) is 4.52 Å². The van der Waals surface area contributed by atoms with Gasteiger partial charge in [0.2, 0.25) is 11.7 Å². The molecule has 0 aromatic carbocycles. The number of ether oxygens (including phenoxy) is 1. The van der Waals surface area contributed by atoms with Gasteiger partial charge in [-0.25, -0.2) is 0 Å². The molecule has 2 aliphatic heterocycles. The summed E-state index contributed by atoms with van der Waals surface area (Å²) < 4.78 is 11.1. The fraction of sp³-hybridized carbons (Fsp3) is 0.846. The molecule has 0 radical (unpaired) electrons. The lowest BCUT2D eigenvalue weighted by molar-refractivity contribution is -0.0450. The molecule has 6 heteroatoms. The Morgan fingerprint density at radius 1 is 1.42 bits per heavy atom. The Morgan fingerprint density at radius 2 is 2.32 bits per heavy atom. The van der Waals surface area contributed by atoms with E-state index < -0.39 is 0 Å². The summed E-state index contributed by atoms with van der Waals surface area (Å²) >= 11 is 0. The molecule has 0 bridgehead atoms. The molecule has 2 atom stereocenters. The maximum atomic E-state index is 5.77. The summed E-state index contributed by atoms with van der Waals surface area (Å²) in [6.07, 6.45) is 2.18. The first-order valence-electron chi connectivity index (χ1n) is 7.16. The molecule has 0 spiro atoms. The van der Waals surface area contributed by atoms with E-state index >= 15 is 0 Å². The van der Waals surface area contributed by atoms with Crippen LogP contribution in [0.5, 0.6) is 0 Å². The van der Waals surface area contributed by atoms with Gasteiger partial charge in [0.15, 0.2) is 0 Å². The third-order valence-electron chi connectivity index (χ3n) is 3.93. The first-order chi connectivity index (χ1) is 9.24. The van der Waals surface area contributed by atoms with Crippen molar-refractivity contribution in [2.75, 3.05) is 26.2 Å². The van der Waals surface area contributed by atoms with Crippen LogP contribution in [0.2, 0.25) is 0 Å². The molecular formula is C13H22N4O2. The summed E-state index contributed by atoms with van der Waals surface area (Å²) in [5.74, 6) is 1.40. The highest BCUT2D eigenvalue weighted by molar-refractivity contribution is 4.99. The highest BCUT2D eigenvalue weighted by Gasteiger charge is 2.29. The molecule has 1 aromatic heterocycles. The van der Waals surface area contributed by atoms with Crippen molar-refractivity contribution in [3.05, 3.63) is 11.7 Å². The van der Waals surface area contributed by atoms with Crippen molar-refractivity contribution in [1.29, 1.82) is 0 Å². The van der Waals surface area contributed by atoms with E-state index in [1.807, 2.05) is 0 Å². The summed E-state index contributed by atoms with van der Waals surface area (Å²) in [5.41, 5.74) is 0. The molecule has 1 aromatic rings. The Bertz CT molecular complexity index is 415. The van der Waals surface area contributed by atoms with Gasteiger partial charge in [0, 0.05) is 19.1 Å². The van der Waals surface area contributed by atoms with Gasteiger partial charge in [-0.1, -0.05) is 5.16 Å². The van der Waals surface area contributed by atoms with E-state index in [1.54, 1.807) is 0 Å². The van der Waals surface area contributed by atoms with E-state index in [9.17, 15) is 0 Å². The molecule has 1 N–H and O–H groups in total. The van der Waals surface area contributed by atoms with Crippen molar-refractivity contribution >= 4 is 0 Å². The van der Waals surface area contributed by atoms with Gasteiger partial charge in [-0.05, 0) is 33.2 Å². The minimum absolute atomic E-state index is 0.0601. The lowest BCUT2D eigenvalue weighted by Crippen LogP contribution is -2.42. The molecule has 6 nitrogen and oxygen atoms in total. The van der Waals surface area contributed by atoms with Gasteiger partial charge < -0.3 is 14.6 Å². The predicted molar refractivity (Wildman–Crippen MR) is 69.7 cm³/mol. The molecular weight excluding hydrogens is 244 g/mol. The largest absolute Gasteiger partial charge is 0.367 e. The molecule has 0 aliphatic carbocycles. The number of hydrogen-bond donors (Lipinski definition) is 1. The van der Waals surface area contributed by atoms with Crippen LogP contribution in [-0.2, 0) is 4.74 Å². The first kappa shape index (κ1) is 13.0. The van der Waals surface area contributed by atoms with Gasteiger partial charge in [-0.15, -0.1) is 0 Å². The van der Waals surface area contributed by atoms with Crippen LogP contribution >= 0.6 is 0 Å². The van der Waals surface area contributed by atoms with Crippen molar-refractivity contribution < 1.29 is 9.26 Å². The Balaban J connectivity index is 1.68. The molecule has 2 fully saturated rings. The van der Waals surface area contributed by atoms with Gasteiger partial charge in [0.05, 0.1) is 12.6 Å². The molecule has 3 heterocycles. The van der Waals surface area contributed by atoms with E-state index in [0.717, 1.165) is 32.7 Å². The highest BCUT2D eigenvalue weighted by atomic mass is 16.5. The maximum Gasteiger partial charge on any atom is 0.243 e. The average Bonchev–Trinajstić information content (AvgIpc) is 3.09. The summed E-state index contributed by atoms with van der Waals surface area (Å²) in [6, 6.07) is 0.750. The van der Waals surface area contributed by atoms with Crippen molar-refractivity contribution in [3.8, 4) is 0 Å². The topological polar surface area (TPSA) is 63.4 Å². The summed E-state index contributed by atoms with van der Waals surface area (Å²) in [5, 5.41) is 7.47. The molecule has 3 rings (SSSR count). The van der Waals surface area contributed by atoms with Crippen LogP contribution in [-0.4, -0.2) is 47.3 Å². The summed E-state index contributed by atoms with van der Waals surface area (Å²) in [4.78, 5) is 6.90. The van der Waals surface area contributed by atoms with Crippen molar-refractivity contribution in [2.24, 2.45) is 0 Å². The second-order valence-electron chi connectivity index (χ2n) is 5.59. The van der Waals surface area contributed by atoms with Gasteiger partial charge >= 0.3 is 0 Å². The van der Waals surface area contributed by atoms with Crippen LogP contribution in [0, 0.1) is 0 Å². The zero-order valence-electron chi connectivity index (χ0n) is 11.6. The zero-order valence-corrected chi connectivity index (χ0v) is 11.6. The third-order valence-corrected chi connectivity index (χ3v) is 3.93. The lowest BCUT2D eigenvalue weighted by atomic mass is 10.2. The Morgan fingerprint density at radius 3 is 3.05 bits per heavy atom. The van der Waals surface area contributed by atoms with Crippen molar-refractivity contribution in [3.63, 3.8) is 0 Å². The van der Waals surface area contributed by atoms with E-state index in [2.05, 4.69) is 34.2 Å². The molecule has 2 aliphatic rings. The summed E-state index contributed by atoms with van der Waals surface area (Å²) in [7, 11) is 0. The third kappa shape index (κ3) is 2.80. The van der Waals surface area contributed by atoms with Crippen molar-refractivity contribution in [1.82, 2.24) is 20.4 Å². The number of nitrogens with one attached hydrogen (secondary N) is 1. The first-order valence-corrected chi connectivity index (χ1v) is 7.16. The molecule has 106 valence electrons. The van der Waals surface area contributed by atoms with Gasteiger partial charge in [0.1, 0.15) is 6.10 Å². The normalized spacial score (nSPS) is 29.2. The zero-order chi connectivity index (χ0) is 13.2. The molecule has 0 amide bonds. The van der Waals surface area contributed by atoms with Crippen LogP contribution in [0.3, 0.4) is 0 Å². The van der Waals surface area contributed by atoms with E-state index in [-0.39, 0.29) is 12.1 Å². The lowest BCUT2D eigenvalue weighted by Gasteiger charge is -2.34. The van der Waals surface area contributed by atoms with Crippen LogP contribution in [0.25, 0.3) is 0 Å².